The first-order valence-corrected chi connectivity index (χ1v) is 5.25. The van der Waals surface area contributed by atoms with Crippen molar-refractivity contribution in [2.75, 3.05) is 0 Å². The molecule has 0 aliphatic carbocycles. The number of pyridine rings is 1. The average Bonchev–Trinajstić information content (AvgIpc) is 2.24. The van der Waals surface area contributed by atoms with Gasteiger partial charge in [0, 0.05) is 6.07 Å². The van der Waals surface area contributed by atoms with E-state index in [1.54, 1.807) is 6.07 Å². The first-order chi connectivity index (χ1) is 6.70. The second-order valence-electron chi connectivity index (χ2n) is 1.59. The second-order valence-corrected chi connectivity index (χ2v) is 2.51. The predicted octanol–water partition coefficient (Wildman–Crippen LogP) is 3.80. The summed E-state index contributed by atoms with van der Waals surface area (Å²) in [6, 6.07) is 2.91. The predicted molar refractivity (Wildman–Crippen MR) is 61.3 cm³/mol. The summed E-state index contributed by atoms with van der Waals surface area (Å²) >= 11 is 3.11. The minimum atomic E-state index is -0.535. The largest absolute Gasteiger partial charge is 0.363 e. The molecule has 0 fully saturated rings. The number of halogens is 1. The van der Waals surface area contributed by atoms with Crippen LogP contribution in [-0.4, -0.2) is 9.91 Å². The van der Waals surface area contributed by atoms with Crippen molar-refractivity contribution in [2.45, 2.75) is 27.7 Å². The highest BCUT2D eigenvalue weighted by molar-refractivity contribution is 9.10. The minimum Gasteiger partial charge on any atom is -0.358 e. The van der Waals surface area contributed by atoms with Crippen molar-refractivity contribution in [1.29, 1.82) is 0 Å². The molecule has 0 aromatic carbocycles. The van der Waals surface area contributed by atoms with E-state index >= 15 is 0 Å². The molecule has 5 heteroatoms. The van der Waals surface area contributed by atoms with Crippen molar-refractivity contribution >= 4 is 21.7 Å². The van der Waals surface area contributed by atoms with Crippen molar-refractivity contribution in [1.82, 2.24) is 4.98 Å². The molecule has 0 bridgehead atoms. The van der Waals surface area contributed by atoms with Crippen molar-refractivity contribution in [3.05, 3.63) is 32.9 Å². The van der Waals surface area contributed by atoms with Gasteiger partial charge in [0.05, 0.1) is 4.47 Å². The smallest absolute Gasteiger partial charge is 0.358 e. The van der Waals surface area contributed by atoms with Gasteiger partial charge in [0.1, 0.15) is 0 Å². The summed E-state index contributed by atoms with van der Waals surface area (Å²) in [5.74, 6) is -0.136. The fourth-order valence-electron chi connectivity index (χ4n) is 0.476. The van der Waals surface area contributed by atoms with Gasteiger partial charge in [0.2, 0.25) is 0 Å². The Morgan fingerprint density at radius 3 is 2.07 bits per heavy atom. The van der Waals surface area contributed by atoms with Crippen LogP contribution >= 0.6 is 15.9 Å². The van der Waals surface area contributed by atoms with Crippen LogP contribution in [0.25, 0.3) is 0 Å². The Hall–Kier alpha value is -0.970. The van der Waals surface area contributed by atoms with E-state index in [0.29, 0.717) is 0 Å². The molecule has 1 heterocycles. The Morgan fingerprint density at radius 1 is 1.29 bits per heavy atom. The second kappa shape index (κ2) is 10.1. The quantitative estimate of drug-likeness (QED) is 0.571. The van der Waals surface area contributed by atoms with Crippen molar-refractivity contribution in [2.24, 2.45) is 0 Å². The summed E-state index contributed by atoms with van der Waals surface area (Å²) in [5, 5.41) is 10.0. The van der Waals surface area contributed by atoms with E-state index in [-0.39, 0.29) is 5.82 Å². The van der Waals surface area contributed by atoms with Gasteiger partial charge in [-0.3, -0.25) is 0 Å². The lowest BCUT2D eigenvalue weighted by molar-refractivity contribution is -0.389. The first kappa shape index (κ1) is 15.5. The van der Waals surface area contributed by atoms with Crippen LogP contribution in [0.5, 0.6) is 0 Å². The molecular formula is C9H15BrN2O2. The van der Waals surface area contributed by atoms with Gasteiger partial charge in [-0.1, -0.05) is 27.7 Å². The summed E-state index contributed by atoms with van der Waals surface area (Å²) < 4.78 is 0.734. The number of rotatable bonds is 1. The number of aromatic nitrogens is 1. The third kappa shape index (κ3) is 6.54. The Morgan fingerprint density at radius 2 is 1.79 bits per heavy atom. The van der Waals surface area contributed by atoms with E-state index in [1.165, 1.54) is 12.3 Å². The Labute approximate surface area is 92.6 Å². The molecule has 0 spiro atoms. The molecule has 1 aromatic heterocycles. The van der Waals surface area contributed by atoms with Crippen molar-refractivity contribution < 1.29 is 4.92 Å². The highest BCUT2D eigenvalue weighted by atomic mass is 79.9. The zero-order valence-electron chi connectivity index (χ0n) is 8.82. The van der Waals surface area contributed by atoms with Gasteiger partial charge in [-0.15, -0.1) is 0 Å². The Balaban J connectivity index is 0. The van der Waals surface area contributed by atoms with E-state index in [0.717, 1.165) is 4.47 Å². The molecule has 4 nitrogen and oxygen atoms in total. The number of hydrogen-bond donors (Lipinski definition) is 0. The van der Waals surface area contributed by atoms with Crippen LogP contribution in [-0.2, 0) is 0 Å². The number of nitrogens with zero attached hydrogens (tertiary/aromatic N) is 2. The van der Waals surface area contributed by atoms with Gasteiger partial charge in [0.25, 0.3) is 0 Å². The average molecular weight is 263 g/mol. The van der Waals surface area contributed by atoms with Crippen LogP contribution in [0.2, 0.25) is 0 Å². The maximum atomic E-state index is 10.0. The molecule has 1 aromatic rings. The maximum Gasteiger partial charge on any atom is 0.363 e. The van der Waals surface area contributed by atoms with Gasteiger partial charge in [-0.05, 0) is 31.9 Å². The maximum absolute atomic E-state index is 10.0. The van der Waals surface area contributed by atoms with E-state index < -0.39 is 4.92 Å². The Bertz CT molecular complexity index is 249. The monoisotopic (exact) mass is 262 g/mol. The lowest BCUT2D eigenvalue weighted by atomic mass is 10.5. The lowest BCUT2D eigenvalue weighted by Gasteiger charge is -1.88. The molecule has 0 atom stereocenters. The minimum absolute atomic E-state index is 0.136. The molecule has 80 valence electrons. The van der Waals surface area contributed by atoms with E-state index in [2.05, 4.69) is 20.9 Å². The lowest BCUT2D eigenvalue weighted by Crippen LogP contribution is -1.89. The highest BCUT2D eigenvalue weighted by Crippen LogP contribution is 2.11. The molecule has 0 amide bonds. The van der Waals surface area contributed by atoms with Crippen LogP contribution in [0.15, 0.2) is 22.8 Å². The van der Waals surface area contributed by atoms with Crippen LogP contribution in [0.4, 0.5) is 5.82 Å². The molecule has 0 saturated carbocycles. The molecular weight excluding hydrogens is 248 g/mol. The molecule has 0 N–H and O–H groups in total. The zero-order valence-corrected chi connectivity index (χ0v) is 10.4. The third-order valence-corrected chi connectivity index (χ3v) is 1.37. The van der Waals surface area contributed by atoms with E-state index in [9.17, 15) is 10.1 Å². The molecule has 14 heavy (non-hydrogen) atoms. The molecule has 0 unspecified atom stereocenters. The molecule has 0 saturated heterocycles. The van der Waals surface area contributed by atoms with Crippen LogP contribution in [0.1, 0.15) is 27.7 Å². The molecule has 0 aliphatic rings. The summed E-state index contributed by atoms with van der Waals surface area (Å²) in [6.45, 7) is 8.00. The van der Waals surface area contributed by atoms with Gasteiger partial charge < -0.3 is 10.1 Å². The topological polar surface area (TPSA) is 56.0 Å². The molecule has 0 aliphatic heterocycles. The summed E-state index contributed by atoms with van der Waals surface area (Å²) in [6.07, 6.45) is 1.39. The van der Waals surface area contributed by atoms with Crippen LogP contribution in [0, 0.1) is 10.1 Å². The molecule has 1 rings (SSSR count). The first-order valence-electron chi connectivity index (χ1n) is 4.46. The van der Waals surface area contributed by atoms with Crippen molar-refractivity contribution in [3.63, 3.8) is 0 Å². The number of nitro groups is 1. The third-order valence-electron chi connectivity index (χ3n) is 0.899. The van der Waals surface area contributed by atoms with Gasteiger partial charge >= 0.3 is 5.82 Å². The summed E-state index contributed by atoms with van der Waals surface area (Å²) in [7, 11) is 0. The van der Waals surface area contributed by atoms with Crippen LogP contribution < -0.4 is 0 Å². The highest BCUT2D eigenvalue weighted by Gasteiger charge is 2.03. The van der Waals surface area contributed by atoms with Gasteiger partial charge in [-0.2, -0.15) is 0 Å². The van der Waals surface area contributed by atoms with Gasteiger partial charge in [-0.25, -0.2) is 0 Å². The summed E-state index contributed by atoms with van der Waals surface area (Å²) in [5.41, 5.74) is 0. The SMILES string of the molecule is CC.CC.O=[N+]([O-])c1ccc(Br)cn1. The van der Waals surface area contributed by atoms with Gasteiger partial charge in [0.15, 0.2) is 6.20 Å². The fraction of sp³-hybridized carbons (Fsp3) is 0.444. The van der Waals surface area contributed by atoms with Crippen LogP contribution in [0.3, 0.4) is 0 Å². The van der Waals surface area contributed by atoms with E-state index in [1.807, 2.05) is 27.7 Å². The standard InChI is InChI=1S/C5H3BrN2O2.2C2H6/c6-4-1-2-5(7-3-4)8(9)10;2*1-2/h1-3H;2*1-2H3. The zero-order chi connectivity index (χ0) is 11.6. The Kier molecular flexibility index (Phi) is 11.2. The summed E-state index contributed by atoms with van der Waals surface area (Å²) in [4.78, 5) is 13.0. The molecule has 0 radical (unpaired) electrons. The van der Waals surface area contributed by atoms with E-state index in [4.69, 9.17) is 0 Å². The van der Waals surface area contributed by atoms with Crippen molar-refractivity contribution in [3.8, 4) is 0 Å². The number of hydrogen-bond acceptors (Lipinski definition) is 3. The fourth-order valence-corrected chi connectivity index (χ4v) is 0.711. The normalized spacial score (nSPS) is 7.50.